The summed E-state index contributed by atoms with van der Waals surface area (Å²) in [5, 5.41) is 1.15. The van der Waals surface area contributed by atoms with Crippen molar-refractivity contribution in [2.75, 3.05) is 0 Å². The van der Waals surface area contributed by atoms with E-state index in [-0.39, 0.29) is 18.4 Å². The number of hydrogen-bond donors (Lipinski definition) is 1. The maximum atomic E-state index is 6.01. The highest BCUT2D eigenvalue weighted by molar-refractivity contribution is 6.42. The summed E-state index contributed by atoms with van der Waals surface area (Å²) in [6, 6.07) is 5.61. The van der Waals surface area contributed by atoms with Crippen LogP contribution in [0.4, 0.5) is 0 Å². The van der Waals surface area contributed by atoms with Crippen molar-refractivity contribution >= 4 is 35.6 Å². The van der Waals surface area contributed by atoms with Gasteiger partial charge in [-0.15, -0.1) is 12.4 Å². The average Bonchev–Trinajstić information content (AvgIpc) is 2.08. The van der Waals surface area contributed by atoms with Gasteiger partial charge in [-0.05, 0) is 30.0 Å². The van der Waals surface area contributed by atoms with Crippen LogP contribution in [0.5, 0.6) is 0 Å². The first kappa shape index (κ1) is 15.0. The third-order valence-electron chi connectivity index (χ3n) is 2.10. The summed E-state index contributed by atoms with van der Waals surface area (Å²) < 4.78 is 0. The van der Waals surface area contributed by atoms with Gasteiger partial charge in [-0.2, -0.15) is 0 Å². The molecule has 1 rings (SSSR count). The fourth-order valence-electron chi connectivity index (χ4n) is 1.39. The minimum atomic E-state index is 0. The molecule has 0 fully saturated rings. The van der Waals surface area contributed by atoms with Crippen molar-refractivity contribution in [3.63, 3.8) is 0 Å². The first-order chi connectivity index (χ1) is 6.50. The zero-order valence-corrected chi connectivity index (χ0v) is 11.2. The van der Waals surface area contributed by atoms with Crippen molar-refractivity contribution in [1.82, 2.24) is 0 Å². The number of rotatable bonds is 3. The molecule has 0 heterocycles. The molecule has 0 bridgehead atoms. The largest absolute Gasteiger partial charge is 0.324 e. The van der Waals surface area contributed by atoms with Crippen LogP contribution in [0.25, 0.3) is 0 Å². The van der Waals surface area contributed by atoms with Gasteiger partial charge < -0.3 is 5.73 Å². The summed E-state index contributed by atoms with van der Waals surface area (Å²) in [7, 11) is 0. The molecule has 0 radical (unpaired) electrons. The summed E-state index contributed by atoms with van der Waals surface area (Å²) >= 11 is 11.7. The van der Waals surface area contributed by atoms with E-state index >= 15 is 0 Å². The summed E-state index contributed by atoms with van der Waals surface area (Å²) in [5.41, 5.74) is 7.06. The standard InChI is InChI=1S/C11H15Cl2N.ClH/c1-7(2)5-11(14)8-3-4-9(12)10(13)6-8;/h3-4,6-7,11H,5,14H2,1-2H3;1H/t11-;/m0./s1. The molecule has 0 aromatic heterocycles. The van der Waals surface area contributed by atoms with Crippen molar-refractivity contribution in [3.8, 4) is 0 Å². The van der Waals surface area contributed by atoms with Crippen molar-refractivity contribution < 1.29 is 0 Å². The second-order valence-electron chi connectivity index (χ2n) is 3.91. The molecule has 0 spiro atoms. The van der Waals surface area contributed by atoms with Gasteiger partial charge in [0.2, 0.25) is 0 Å². The van der Waals surface area contributed by atoms with Gasteiger partial charge in [-0.25, -0.2) is 0 Å². The Labute approximate surface area is 107 Å². The van der Waals surface area contributed by atoms with Crippen molar-refractivity contribution in [1.29, 1.82) is 0 Å². The molecule has 0 aliphatic carbocycles. The van der Waals surface area contributed by atoms with E-state index in [9.17, 15) is 0 Å². The SMILES string of the molecule is CC(C)C[C@H](N)c1ccc(Cl)c(Cl)c1.Cl. The van der Waals surface area contributed by atoms with E-state index in [0.29, 0.717) is 16.0 Å². The molecule has 4 heteroatoms. The molecule has 86 valence electrons. The molecule has 15 heavy (non-hydrogen) atoms. The first-order valence-electron chi connectivity index (χ1n) is 4.71. The van der Waals surface area contributed by atoms with Gasteiger partial charge in [0.05, 0.1) is 10.0 Å². The van der Waals surface area contributed by atoms with Gasteiger partial charge in [-0.3, -0.25) is 0 Å². The predicted octanol–water partition coefficient (Wildman–Crippen LogP) is 4.46. The molecule has 0 saturated carbocycles. The number of halogens is 3. The Morgan fingerprint density at radius 1 is 1.20 bits per heavy atom. The maximum Gasteiger partial charge on any atom is 0.0595 e. The third-order valence-corrected chi connectivity index (χ3v) is 2.84. The minimum Gasteiger partial charge on any atom is -0.324 e. The summed E-state index contributed by atoms with van der Waals surface area (Å²) in [6.07, 6.45) is 0.956. The molecule has 2 N–H and O–H groups in total. The van der Waals surface area contributed by atoms with E-state index < -0.39 is 0 Å². The molecule has 1 atom stereocenters. The molecule has 0 unspecified atom stereocenters. The van der Waals surface area contributed by atoms with E-state index in [4.69, 9.17) is 28.9 Å². The van der Waals surface area contributed by atoms with Crippen LogP contribution in [0.3, 0.4) is 0 Å². The molecule has 0 aliphatic rings. The minimum absolute atomic E-state index is 0. The highest BCUT2D eigenvalue weighted by Gasteiger charge is 2.09. The monoisotopic (exact) mass is 267 g/mol. The lowest BCUT2D eigenvalue weighted by Gasteiger charge is -2.14. The fourth-order valence-corrected chi connectivity index (χ4v) is 1.69. The van der Waals surface area contributed by atoms with Gasteiger partial charge in [0.1, 0.15) is 0 Å². The lowest BCUT2D eigenvalue weighted by atomic mass is 9.98. The Hall–Kier alpha value is 0.0500. The van der Waals surface area contributed by atoms with Crippen molar-refractivity contribution in [3.05, 3.63) is 33.8 Å². The second-order valence-corrected chi connectivity index (χ2v) is 4.72. The van der Waals surface area contributed by atoms with Crippen LogP contribution in [0.15, 0.2) is 18.2 Å². The van der Waals surface area contributed by atoms with E-state index in [1.807, 2.05) is 12.1 Å². The van der Waals surface area contributed by atoms with E-state index in [0.717, 1.165) is 12.0 Å². The molecule has 1 aromatic carbocycles. The van der Waals surface area contributed by atoms with Crippen LogP contribution in [-0.2, 0) is 0 Å². The molecule has 1 aromatic rings. The predicted molar refractivity (Wildman–Crippen MR) is 70.1 cm³/mol. The lowest BCUT2D eigenvalue weighted by Crippen LogP contribution is -2.12. The van der Waals surface area contributed by atoms with Crippen LogP contribution in [0, 0.1) is 5.92 Å². The molecule has 1 nitrogen and oxygen atoms in total. The highest BCUT2D eigenvalue weighted by atomic mass is 35.5. The van der Waals surface area contributed by atoms with Crippen molar-refractivity contribution in [2.24, 2.45) is 11.7 Å². The lowest BCUT2D eigenvalue weighted by molar-refractivity contribution is 0.510. The van der Waals surface area contributed by atoms with Gasteiger partial charge >= 0.3 is 0 Å². The Morgan fingerprint density at radius 3 is 2.27 bits per heavy atom. The fraction of sp³-hybridized carbons (Fsp3) is 0.455. The Kier molecular flexibility index (Phi) is 6.62. The zero-order chi connectivity index (χ0) is 10.7. The molecule has 0 amide bonds. The topological polar surface area (TPSA) is 26.0 Å². The van der Waals surface area contributed by atoms with Crippen LogP contribution in [0.2, 0.25) is 10.0 Å². The third kappa shape index (κ3) is 4.60. The number of nitrogens with two attached hydrogens (primary N) is 1. The first-order valence-corrected chi connectivity index (χ1v) is 5.47. The average molecular weight is 269 g/mol. The summed E-state index contributed by atoms with van der Waals surface area (Å²) in [4.78, 5) is 0. The van der Waals surface area contributed by atoms with Gasteiger partial charge in [-0.1, -0.05) is 43.1 Å². The normalized spacial score (nSPS) is 12.4. The molecular formula is C11H16Cl3N. The summed E-state index contributed by atoms with van der Waals surface area (Å²) in [5.74, 6) is 0.583. The molecule has 0 saturated heterocycles. The van der Waals surface area contributed by atoms with Gasteiger partial charge in [0.15, 0.2) is 0 Å². The van der Waals surface area contributed by atoms with E-state index in [1.54, 1.807) is 6.07 Å². The smallest absolute Gasteiger partial charge is 0.0595 e. The van der Waals surface area contributed by atoms with E-state index in [1.165, 1.54) is 0 Å². The zero-order valence-electron chi connectivity index (χ0n) is 8.84. The number of hydrogen-bond acceptors (Lipinski definition) is 1. The second kappa shape index (κ2) is 6.59. The van der Waals surface area contributed by atoms with Crippen molar-refractivity contribution in [2.45, 2.75) is 26.3 Å². The Bertz CT molecular complexity index is 313. The van der Waals surface area contributed by atoms with Crippen LogP contribution in [-0.4, -0.2) is 0 Å². The van der Waals surface area contributed by atoms with Gasteiger partial charge in [0.25, 0.3) is 0 Å². The van der Waals surface area contributed by atoms with E-state index in [2.05, 4.69) is 13.8 Å². The summed E-state index contributed by atoms with van der Waals surface area (Å²) in [6.45, 7) is 4.30. The van der Waals surface area contributed by atoms with Crippen LogP contribution in [0.1, 0.15) is 31.9 Å². The molecular weight excluding hydrogens is 252 g/mol. The van der Waals surface area contributed by atoms with Crippen LogP contribution >= 0.6 is 35.6 Å². The quantitative estimate of drug-likeness (QED) is 0.860. The highest BCUT2D eigenvalue weighted by Crippen LogP contribution is 2.27. The Morgan fingerprint density at radius 2 is 1.80 bits per heavy atom. The Balaban J connectivity index is 0.00000196. The molecule has 0 aliphatic heterocycles. The number of benzene rings is 1. The van der Waals surface area contributed by atoms with Crippen LogP contribution < -0.4 is 5.73 Å². The maximum absolute atomic E-state index is 6.01. The van der Waals surface area contributed by atoms with Gasteiger partial charge in [0, 0.05) is 6.04 Å².